The second kappa shape index (κ2) is 12.3. The van der Waals surface area contributed by atoms with Crippen LogP contribution in [0.5, 0.6) is 0 Å². The lowest BCUT2D eigenvalue weighted by Crippen LogP contribution is -2.19. The molecule has 0 bridgehead atoms. The lowest BCUT2D eigenvalue weighted by molar-refractivity contribution is 0.373. The molecule has 2 aromatic carbocycles. The van der Waals surface area contributed by atoms with Crippen molar-refractivity contribution in [3.8, 4) is 0 Å². The van der Waals surface area contributed by atoms with E-state index < -0.39 is 11.0 Å². The van der Waals surface area contributed by atoms with Gasteiger partial charge in [0.2, 0.25) is 5.95 Å². The summed E-state index contributed by atoms with van der Waals surface area (Å²) in [6, 6.07) is 13.7. The SMILES string of the molecule is CN(C)c1nc(NCC2CCCCC2)nc2ccccc12.CNS(=O)c1c(C)cccc1Cl. The van der Waals surface area contributed by atoms with E-state index in [2.05, 4.69) is 37.0 Å². The Morgan fingerprint density at radius 2 is 1.79 bits per heavy atom. The van der Waals surface area contributed by atoms with Gasteiger partial charge in [0.1, 0.15) is 16.8 Å². The molecule has 1 aromatic heterocycles. The Kier molecular flexibility index (Phi) is 9.47. The minimum atomic E-state index is -1.20. The van der Waals surface area contributed by atoms with Crippen molar-refractivity contribution in [3.05, 3.63) is 53.1 Å². The molecule has 0 radical (unpaired) electrons. The van der Waals surface area contributed by atoms with Gasteiger partial charge in [0.15, 0.2) is 0 Å². The van der Waals surface area contributed by atoms with Crippen LogP contribution < -0.4 is 14.9 Å². The van der Waals surface area contributed by atoms with E-state index in [4.69, 9.17) is 11.6 Å². The first-order chi connectivity index (χ1) is 15.9. The van der Waals surface area contributed by atoms with Gasteiger partial charge < -0.3 is 10.2 Å². The van der Waals surface area contributed by atoms with Crippen molar-refractivity contribution in [2.75, 3.05) is 37.9 Å². The highest BCUT2D eigenvalue weighted by molar-refractivity contribution is 7.83. The fourth-order valence-electron chi connectivity index (χ4n) is 4.06. The average Bonchev–Trinajstić information content (AvgIpc) is 2.83. The van der Waals surface area contributed by atoms with Gasteiger partial charge in [-0.1, -0.05) is 55.1 Å². The Hall–Kier alpha value is -2.22. The summed E-state index contributed by atoms with van der Waals surface area (Å²) in [5.41, 5.74) is 1.94. The average molecular weight is 488 g/mol. The number of nitrogens with zero attached hydrogens (tertiary/aromatic N) is 3. The molecular formula is C25H34ClN5OS. The molecule has 8 heteroatoms. The number of hydrogen-bond acceptors (Lipinski definition) is 5. The third-order valence-electron chi connectivity index (χ3n) is 5.81. The Morgan fingerprint density at radius 3 is 2.45 bits per heavy atom. The van der Waals surface area contributed by atoms with Crippen LogP contribution in [0.2, 0.25) is 5.02 Å². The zero-order valence-corrected chi connectivity index (χ0v) is 21.5. The van der Waals surface area contributed by atoms with Gasteiger partial charge in [0, 0.05) is 26.0 Å². The third kappa shape index (κ3) is 6.88. The molecule has 2 N–H and O–H groups in total. The van der Waals surface area contributed by atoms with Gasteiger partial charge in [-0.05, 0) is 56.5 Å². The number of anilines is 2. The van der Waals surface area contributed by atoms with Crippen LogP contribution in [0, 0.1) is 12.8 Å². The zero-order chi connectivity index (χ0) is 23.8. The molecule has 1 aliphatic carbocycles. The smallest absolute Gasteiger partial charge is 0.225 e. The standard InChI is InChI=1S/C17H24N4.C8H10ClNOS/c1-21(2)16-14-10-6-7-11-15(14)19-17(20-16)18-12-13-8-4-3-5-9-13;1-6-4-3-5-7(9)8(6)12(11)10-2/h6-7,10-11,13H,3-5,8-9,12H2,1-2H3,(H,18,19,20);3-5,10H,1-2H3. The number of rotatable bonds is 6. The van der Waals surface area contributed by atoms with E-state index >= 15 is 0 Å². The first kappa shape index (κ1) is 25.4. The Balaban J connectivity index is 0.000000218. The second-order valence-corrected chi connectivity index (χ2v) is 10.3. The highest BCUT2D eigenvalue weighted by Crippen LogP contribution is 2.26. The Morgan fingerprint density at radius 1 is 1.06 bits per heavy atom. The number of para-hydroxylation sites is 1. The van der Waals surface area contributed by atoms with Crippen LogP contribution in [-0.2, 0) is 11.0 Å². The van der Waals surface area contributed by atoms with E-state index in [1.54, 1.807) is 13.1 Å². The van der Waals surface area contributed by atoms with Crippen molar-refractivity contribution in [2.45, 2.75) is 43.9 Å². The lowest BCUT2D eigenvalue weighted by atomic mass is 9.89. The number of aromatic nitrogens is 2. The highest BCUT2D eigenvalue weighted by atomic mass is 35.5. The predicted molar refractivity (Wildman–Crippen MR) is 141 cm³/mol. The van der Waals surface area contributed by atoms with Crippen molar-refractivity contribution in [1.29, 1.82) is 0 Å². The van der Waals surface area contributed by atoms with Crippen LogP contribution in [0.4, 0.5) is 11.8 Å². The molecule has 1 saturated carbocycles. The lowest BCUT2D eigenvalue weighted by Gasteiger charge is -2.22. The molecule has 0 saturated heterocycles. The van der Waals surface area contributed by atoms with E-state index in [1.807, 2.05) is 45.3 Å². The van der Waals surface area contributed by atoms with Crippen molar-refractivity contribution >= 4 is 45.3 Å². The summed E-state index contributed by atoms with van der Waals surface area (Å²) in [6.07, 6.45) is 6.80. The fraction of sp³-hybridized carbons (Fsp3) is 0.440. The van der Waals surface area contributed by atoms with E-state index in [-0.39, 0.29) is 0 Å². The normalized spacial score (nSPS) is 14.9. The number of hydrogen-bond donors (Lipinski definition) is 2. The summed E-state index contributed by atoms with van der Waals surface area (Å²) in [5.74, 6) is 2.51. The quantitative estimate of drug-likeness (QED) is 0.475. The fourth-order valence-corrected chi connectivity index (χ4v) is 5.30. The Labute approximate surface area is 204 Å². The summed E-state index contributed by atoms with van der Waals surface area (Å²) in [7, 11) is 4.50. The van der Waals surface area contributed by atoms with Crippen molar-refractivity contribution in [1.82, 2.24) is 14.7 Å². The van der Waals surface area contributed by atoms with Crippen LogP contribution in [-0.4, -0.2) is 41.9 Å². The Bertz CT molecular complexity index is 1070. The molecule has 1 aliphatic rings. The summed E-state index contributed by atoms with van der Waals surface area (Å²) >= 11 is 5.87. The van der Waals surface area contributed by atoms with E-state index in [9.17, 15) is 4.21 Å². The van der Waals surface area contributed by atoms with Crippen molar-refractivity contribution in [3.63, 3.8) is 0 Å². The molecule has 0 amide bonds. The summed E-state index contributed by atoms with van der Waals surface area (Å²) in [6.45, 7) is 2.88. The monoisotopic (exact) mass is 487 g/mol. The molecule has 1 heterocycles. The predicted octanol–water partition coefficient (Wildman–Crippen LogP) is 5.58. The summed E-state index contributed by atoms with van der Waals surface area (Å²) < 4.78 is 14.0. The topological polar surface area (TPSA) is 70.2 Å². The third-order valence-corrected chi connectivity index (χ3v) is 7.53. The molecule has 33 heavy (non-hydrogen) atoms. The molecule has 6 nitrogen and oxygen atoms in total. The molecule has 1 atom stereocenters. The maximum absolute atomic E-state index is 11.4. The second-order valence-electron chi connectivity index (χ2n) is 8.53. The zero-order valence-electron chi connectivity index (χ0n) is 19.9. The molecule has 1 fully saturated rings. The highest BCUT2D eigenvalue weighted by Gasteiger charge is 2.15. The minimum absolute atomic E-state index is 0.544. The molecule has 1 unspecified atom stereocenters. The molecule has 178 valence electrons. The molecular weight excluding hydrogens is 454 g/mol. The summed E-state index contributed by atoms with van der Waals surface area (Å²) in [4.78, 5) is 12.1. The van der Waals surface area contributed by atoms with Crippen molar-refractivity contribution < 1.29 is 4.21 Å². The minimum Gasteiger partial charge on any atom is -0.362 e. The number of fused-ring (bicyclic) bond motifs is 1. The summed E-state index contributed by atoms with van der Waals surface area (Å²) in [5, 5.41) is 5.10. The van der Waals surface area contributed by atoms with Crippen molar-refractivity contribution in [2.24, 2.45) is 5.92 Å². The molecule has 4 rings (SSSR count). The van der Waals surface area contributed by atoms with Gasteiger partial charge >= 0.3 is 0 Å². The first-order valence-electron chi connectivity index (χ1n) is 11.4. The number of halogens is 1. The number of aryl methyl sites for hydroxylation is 1. The van der Waals surface area contributed by atoms with Gasteiger partial charge in [-0.15, -0.1) is 0 Å². The largest absolute Gasteiger partial charge is 0.362 e. The van der Waals surface area contributed by atoms with Crippen LogP contribution in [0.15, 0.2) is 47.4 Å². The van der Waals surface area contributed by atoms with Gasteiger partial charge in [-0.3, -0.25) is 0 Å². The molecule has 0 spiro atoms. The number of nitrogens with one attached hydrogen (secondary N) is 2. The van der Waals surface area contributed by atoms with Gasteiger partial charge in [-0.2, -0.15) is 4.98 Å². The molecule has 3 aromatic rings. The van der Waals surface area contributed by atoms with Gasteiger partial charge in [0.25, 0.3) is 0 Å². The first-order valence-corrected chi connectivity index (χ1v) is 13.0. The van der Waals surface area contributed by atoms with Crippen LogP contribution in [0.25, 0.3) is 10.9 Å². The van der Waals surface area contributed by atoms with E-state index in [0.29, 0.717) is 9.92 Å². The van der Waals surface area contributed by atoms with Gasteiger partial charge in [-0.25, -0.2) is 13.9 Å². The maximum atomic E-state index is 11.4. The maximum Gasteiger partial charge on any atom is 0.225 e. The van der Waals surface area contributed by atoms with E-state index in [0.717, 1.165) is 40.7 Å². The van der Waals surface area contributed by atoms with Gasteiger partial charge in [0.05, 0.1) is 15.4 Å². The van der Waals surface area contributed by atoms with Crippen LogP contribution in [0.1, 0.15) is 37.7 Å². The van der Waals surface area contributed by atoms with Crippen LogP contribution >= 0.6 is 11.6 Å². The number of benzene rings is 2. The molecule has 0 aliphatic heterocycles. The van der Waals surface area contributed by atoms with Crippen LogP contribution in [0.3, 0.4) is 0 Å². The van der Waals surface area contributed by atoms with E-state index in [1.165, 1.54) is 32.1 Å².